The first-order valence-corrected chi connectivity index (χ1v) is 10.1. The van der Waals surface area contributed by atoms with Gasteiger partial charge in [0.2, 0.25) is 11.7 Å². The van der Waals surface area contributed by atoms with Crippen LogP contribution in [0.2, 0.25) is 0 Å². The maximum Gasteiger partial charge on any atom is 0.227 e. The van der Waals surface area contributed by atoms with E-state index < -0.39 is 0 Å². The van der Waals surface area contributed by atoms with Crippen molar-refractivity contribution in [2.24, 2.45) is 4.99 Å². The number of benzene rings is 1. The van der Waals surface area contributed by atoms with E-state index in [1.54, 1.807) is 12.3 Å². The monoisotopic (exact) mass is 535 g/mol. The molecule has 3 aromatic rings. The molecule has 3 N–H and O–H groups in total. The molecule has 1 aromatic carbocycles. The van der Waals surface area contributed by atoms with Crippen molar-refractivity contribution in [3.05, 3.63) is 54.0 Å². The Morgan fingerprint density at radius 1 is 1.26 bits per heavy atom. The Balaban J connectivity index is 0.00000272. The number of carbonyl (C=O) groups excluding carboxylic acids is 1. The predicted octanol–water partition coefficient (Wildman–Crippen LogP) is 3.06. The molecule has 4 rings (SSSR count). The molecule has 1 aliphatic heterocycles. The van der Waals surface area contributed by atoms with Crippen LogP contribution in [-0.4, -0.2) is 40.1 Å². The lowest BCUT2D eigenvalue weighted by atomic mass is 10.2. The second-order valence-electron chi connectivity index (χ2n) is 6.95. The molecule has 0 saturated carbocycles. The van der Waals surface area contributed by atoms with Crippen molar-refractivity contribution < 1.29 is 9.21 Å². The summed E-state index contributed by atoms with van der Waals surface area (Å²) < 4.78 is 5.31. The highest BCUT2D eigenvalue weighted by molar-refractivity contribution is 14.0. The van der Waals surface area contributed by atoms with Gasteiger partial charge in [-0.2, -0.15) is 0 Å². The number of carbonyl (C=O) groups is 1. The standard InChI is InChI=1S/C21H25N7O2.HI/c1-2-22-21(24-14-18-25-20(27-26-18)17-5-4-12-30-17)23-13-15-7-9-16(10-8-15)28-11-3-6-19(28)29;/h4-5,7-10,12H,2-3,6,11,13-14H2,1H3,(H2,22,23,24)(H,25,26,27);1H. The third kappa shape index (κ3) is 5.84. The lowest BCUT2D eigenvalue weighted by molar-refractivity contribution is -0.117. The number of furan rings is 1. The second kappa shape index (κ2) is 10.9. The van der Waals surface area contributed by atoms with Crippen molar-refractivity contribution in [1.29, 1.82) is 0 Å². The number of aromatic nitrogens is 3. The number of nitrogens with one attached hydrogen (secondary N) is 3. The van der Waals surface area contributed by atoms with E-state index in [4.69, 9.17) is 4.42 Å². The molecule has 0 spiro atoms. The van der Waals surface area contributed by atoms with E-state index in [0.717, 1.165) is 30.8 Å². The molecular formula is C21H26IN7O2. The molecule has 0 unspecified atom stereocenters. The third-order valence-corrected chi connectivity index (χ3v) is 4.78. The van der Waals surface area contributed by atoms with Gasteiger partial charge in [-0.15, -0.1) is 29.1 Å². The molecule has 0 atom stereocenters. The topological polar surface area (TPSA) is 111 Å². The average molecular weight is 535 g/mol. The van der Waals surface area contributed by atoms with Crippen molar-refractivity contribution >= 4 is 41.5 Å². The number of rotatable bonds is 7. The fourth-order valence-corrected chi connectivity index (χ4v) is 3.27. The molecule has 9 nitrogen and oxygen atoms in total. The Hall–Kier alpha value is -2.89. The number of aromatic amines is 1. The lowest BCUT2D eigenvalue weighted by Crippen LogP contribution is -2.37. The summed E-state index contributed by atoms with van der Waals surface area (Å²) >= 11 is 0. The largest absolute Gasteiger partial charge is 0.461 e. The predicted molar refractivity (Wildman–Crippen MR) is 129 cm³/mol. The zero-order chi connectivity index (χ0) is 20.8. The smallest absolute Gasteiger partial charge is 0.227 e. The van der Waals surface area contributed by atoms with Gasteiger partial charge < -0.3 is 20.0 Å². The quantitative estimate of drug-likeness (QED) is 0.244. The first kappa shape index (κ1) is 22.8. The van der Waals surface area contributed by atoms with E-state index in [2.05, 4.69) is 30.8 Å². The van der Waals surface area contributed by atoms with Crippen LogP contribution in [0.15, 0.2) is 52.1 Å². The van der Waals surface area contributed by atoms with Crippen LogP contribution in [0, 0.1) is 0 Å². The number of guanidine groups is 1. The molecule has 1 aliphatic rings. The maximum absolute atomic E-state index is 11.9. The van der Waals surface area contributed by atoms with Crippen LogP contribution < -0.4 is 15.5 Å². The summed E-state index contributed by atoms with van der Waals surface area (Å²) in [6.45, 7) is 4.54. The van der Waals surface area contributed by atoms with E-state index in [-0.39, 0.29) is 29.9 Å². The summed E-state index contributed by atoms with van der Waals surface area (Å²) in [6, 6.07) is 11.6. The van der Waals surface area contributed by atoms with Crippen LogP contribution in [0.3, 0.4) is 0 Å². The molecule has 2 aromatic heterocycles. The van der Waals surface area contributed by atoms with Crippen molar-refractivity contribution in [2.75, 3.05) is 18.0 Å². The van der Waals surface area contributed by atoms with Gasteiger partial charge in [-0.3, -0.25) is 9.89 Å². The van der Waals surface area contributed by atoms with Gasteiger partial charge in [0.15, 0.2) is 11.7 Å². The average Bonchev–Trinajstić information content (AvgIpc) is 3.52. The summed E-state index contributed by atoms with van der Waals surface area (Å²) in [5.41, 5.74) is 2.02. The van der Waals surface area contributed by atoms with Crippen molar-refractivity contribution in [1.82, 2.24) is 25.8 Å². The molecule has 0 bridgehead atoms. The number of aliphatic imine (C=N–C) groups is 1. The van der Waals surface area contributed by atoms with Crippen LogP contribution in [-0.2, 0) is 17.9 Å². The molecule has 10 heteroatoms. The Kier molecular flexibility index (Phi) is 8.04. The summed E-state index contributed by atoms with van der Waals surface area (Å²) in [4.78, 5) is 22.8. The molecule has 164 valence electrons. The van der Waals surface area contributed by atoms with E-state index in [0.29, 0.717) is 42.9 Å². The fourth-order valence-electron chi connectivity index (χ4n) is 3.27. The molecule has 3 heterocycles. The molecule has 1 saturated heterocycles. The minimum atomic E-state index is 0. The Morgan fingerprint density at radius 2 is 2.10 bits per heavy atom. The van der Waals surface area contributed by atoms with E-state index in [1.807, 2.05) is 42.2 Å². The number of hydrogen-bond acceptors (Lipinski definition) is 5. The normalized spacial score (nSPS) is 13.9. The van der Waals surface area contributed by atoms with Crippen LogP contribution in [0.4, 0.5) is 5.69 Å². The van der Waals surface area contributed by atoms with Gasteiger partial charge >= 0.3 is 0 Å². The van der Waals surface area contributed by atoms with Crippen molar-refractivity contribution in [3.63, 3.8) is 0 Å². The minimum Gasteiger partial charge on any atom is -0.461 e. The Morgan fingerprint density at radius 3 is 2.77 bits per heavy atom. The highest BCUT2D eigenvalue weighted by Gasteiger charge is 2.21. The van der Waals surface area contributed by atoms with Gasteiger partial charge in [0, 0.05) is 25.2 Å². The van der Waals surface area contributed by atoms with Crippen molar-refractivity contribution in [3.8, 4) is 11.6 Å². The molecule has 0 radical (unpaired) electrons. The van der Waals surface area contributed by atoms with Crippen LogP contribution in [0.5, 0.6) is 0 Å². The van der Waals surface area contributed by atoms with Gasteiger partial charge in [0.25, 0.3) is 0 Å². The van der Waals surface area contributed by atoms with E-state index in [9.17, 15) is 4.79 Å². The number of hydrogen-bond donors (Lipinski definition) is 3. The number of amides is 1. The van der Waals surface area contributed by atoms with Gasteiger partial charge in [-0.05, 0) is 43.2 Å². The van der Waals surface area contributed by atoms with Crippen LogP contribution >= 0.6 is 24.0 Å². The molecule has 0 aliphatic carbocycles. The summed E-state index contributed by atoms with van der Waals surface area (Å²) in [7, 11) is 0. The zero-order valence-electron chi connectivity index (χ0n) is 17.3. The third-order valence-electron chi connectivity index (χ3n) is 4.78. The fraction of sp³-hybridized carbons (Fsp3) is 0.333. The first-order valence-electron chi connectivity index (χ1n) is 10.1. The summed E-state index contributed by atoms with van der Waals surface area (Å²) in [5.74, 6) is 2.72. The van der Waals surface area contributed by atoms with Gasteiger partial charge in [0.05, 0.1) is 19.4 Å². The first-order chi connectivity index (χ1) is 14.7. The van der Waals surface area contributed by atoms with Gasteiger partial charge in [-0.25, -0.2) is 9.98 Å². The number of H-pyrrole nitrogens is 1. The highest BCUT2D eigenvalue weighted by atomic mass is 127. The number of nitrogens with zero attached hydrogens (tertiary/aromatic N) is 4. The molecular weight excluding hydrogens is 509 g/mol. The van der Waals surface area contributed by atoms with Crippen LogP contribution in [0.1, 0.15) is 31.2 Å². The number of halogens is 1. The second-order valence-corrected chi connectivity index (χ2v) is 6.95. The van der Waals surface area contributed by atoms with Gasteiger partial charge in [0.1, 0.15) is 5.82 Å². The van der Waals surface area contributed by atoms with Crippen molar-refractivity contribution in [2.45, 2.75) is 32.9 Å². The maximum atomic E-state index is 11.9. The molecule has 1 amide bonds. The van der Waals surface area contributed by atoms with Gasteiger partial charge in [-0.1, -0.05) is 12.1 Å². The molecule has 1 fully saturated rings. The Bertz CT molecular complexity index is 999. The zero-order valence-corrected chi connectivity index (χ0v) is 19.6. The van der Waals surface area contributed by atoms with Crippen LogP contribution in [0.25, 0.3) is 11.6 Å². The number of anilines is 1. The summed E-state index contributed by atoms with van der Waals surface area (Å²) in [5, 5.41) is 13.5. The van der Waals surface area contributed by atoms with E-state index in [1.165, 1.54) is 0 Å². The molecule has 31 heavy (non-hydrogen) atoms. The summed E-state index contributed by atoms with van der Waals surface area (Å²) in [6.07, 6.45) is 3.16. The lowest BCUT2D eigenvalue weighted by Gasteiger charge is -2.15. The SMILES string of the molecule is CCNC(=NCc1ccc(N2CCCC2=O)cc1)NCc1nc(-c2ccco2)n[nH]1.I. The van der Waals surface area contributed by atoms with E-state index >= 15 is 0 Å². The minimum absolute atomic E-state index is 0. The highest BCUT2D eigenvalue weighted by Crippen LogP contribution is 2.21. The Labute approximate surface area is 197 Å².